The number of nitrogens with zero attached hydrogens (tertiary/aromatic N) is 1. The third-order valence-electron chi connectivity index (χ3n) is 5.32. The number of unbranched alkanes of at least 4 members (excludes halogenated alkanes) is 1. The van der Waals surface area contributed by atoms with Gasteiger partial charge in [0.2, 0.25) is 11.7 Å². The first-order valence-corrected chi connectivity index (χ1v) is 10.0. The Morgan fingerprint density at radius 3 is 2.29 bits per heavy atom. The van der Waals surface area contributed by atoms with Crippen LogP contribution in [0.2, 0.25) is 0 Å². The van der Waals surface area contributed by atoms with Crippen molar-refractivity contribution in [1.82, 2.24) is 15.5 Å². The molecule has 0 aromatic heterocycles. The lowest BCUT2D eigenvalue weighted by Gasteiger charge is -2.39. The second-order valence-electron chi connectivity index (χ2n) is 7.36. The number of rotatable bonds is 7. The number of aliphatic hydroxyl groups is 1. The number of ether oxygens (including phenoxy) is 1. The van der Waals surface area contributed by atoms with Crippen molar-refractivity contribution >= 4 is 17.9 Å². The molecule has 3 amide bonds. The van der Waals surface area contributed by atoms with Gasteiger partial charge in [0, 0.05) is 13.1 Å². The zero-order valence-electron chi connectivity index (χ0n) is 16.5. The molecule has 9 nitrogen and oxygen atoms in total. The molecule has 9 heteroatoms. The average Bonchev–Trinajstić information content (AvgIpc) is 2.71. The fourth-order valence-corrected chi connectivity index (χ4v) is 3.59. The van der Waals surface area contributed by atoms with Crippen molar-refractivity contribution in [2.24, 2.45) is 0 Å². The maximum Gasteiger partial charge on any atom is 0.372 e. The summed E-state index contributed by atoms with van der Waals surface area (Å²) in [5.41, 5.74) is -1.12. The van der Waals surface area contributed by atoms with Gasteiger partial charge in [-0.1, -0.05) is 32.6 Å². The van der Waals surface area contributed by atoms with Crippen molar-refractivity contribution in [2.45, 2.75) is 63.8 Å². The molecule has 1 saturated heterocycles. The highest BCUT2D eigenvalue weighted by molar-refractivity contribution is 5.93. The summed E-state index contributed by atoms with van der Waals surface area (Å²) in [6.45, 7) is 3.78. The first kappa shape index (κ1) is 22.0. The topological polar surface area (TPSA) is 128 Å². The normalized spacial score (nSPS) is 20.1. The van der Waals surface area contributed by atoms with Crippen LogP contribution in [0.5, 0.6) is 0 Å². The zero-order chi connectivity index (χ0) is 20.6. The summed E-state index contributed by atoms with van der Waals surface area (Å²) in [5, 5.41) is 24.5. The SMILES string of the molecule is CCCC/C(NC(=O)C1(NC(=O)N2CCOCC2)CCCCC1)=C(/O)C(=O)O. The summed E-state index contributed by atoms with van der Waals surface area (Å²) in [4.78, 5) is 38.6. The molecular formula is C19H31N3O6. The number of allylic oxidation sites excluding steroid dienone is 1. The van der Waals surface area contributed by atoms with Gasteiger partial charge in [0.15, 0.2) is 0 Å². The quantitative estimate of drug-likeness (QED) is 0.384. The molecule has 1 aliphatic carbocycles. The minimum atomic E-state index is -1.48. The maximum absolute atomic E-state index is 13.1. The van der Waals surface area contributed by atoms with Gasteiger partial charge < -0.3 is 30.5 Å². The number of hydrogen-bond donors (Lipinski definition) is 4. The first-order valence-electron chi connectivity index (χ1n) is 10.0. The molecule has 0 aromatic carbocycles. The van der Waals surface area contributed by atoms with Gasteiger partial charge in [-0.2, -0.15) is 0 Å². The molecule has 1 heterocycles. The zero-order valence-corrected chi connectivity index (χ0v) is 16.5. The van der Waals surface area contributed by atoms with Crippen LogP contribution in [0.4, 0.5) is 4.79 Å². The van der Waals surface area contributed by atoms with E-state index >= 15 is 0 Å². The molecule has 0 bridgehead atoms. The van der Waals surface area contributed by atoms with Crippen LogP contribution < -0.4 is 10.6 Å². The Morgan fingerprint density at radius 2 is 1.71 bits per heavy atom. The number of carbonyl (C=O) groups excluding carboxylic acids is 2. The van der Waals surface area contributed by atoms with Crippen LogP contribution in [0.1, 0.15) is 58.3 Å². The van der Waals surface area contributed by atoms with Crippen molar-refractivity contribution in [3.05, 3.63) is 11.5 Å². The molecule has 1 saturated carbocycles. The fraction of sp³-hybridized carbons (Fsp3) is 0.737. The van der Waals surface area contributed by atoms with E-state index in [1.165, 1.54) is 0 Å². The molecule has 28 heavy (non-hydrogen) atoms. The number of hydrogen-bond acceptors (Lipinski definition) is 5. The minimum absolute atomic E-state index is 0.00933. The van der Waals surface area contributed by atoms with Crippen LogP contribution in [0.15, 0.2) is 11.5 Å². The maximum atomic E-state index is 13.1. The van der Waals surface area contributed by atoms with E-state index in [9.17, 15) is 19.5 Å². The summed E-state index contributed by atoms with van der Waals surface area (Å²) in [5.74, 6) is -2.80. The Morgan fingerprint density at radius 1 is 1.07 bits per heavy atom. The molecule has 158 valence electrons. The van der Waals surface area contributed by atoms with Gasteiger partial charge in [0.1, 0.15) is 5.54 Å². The summed E-state index contributed by atoms with van der Waals surface area (Å²) in [6.07, 6.45) is 5.15. The van der Waals surface area contributed by atoms with Gasteiger partial charge in [-0.05, 0) is 25.7 Å². The summed E-state index contributed by atoms with van der Waals surface area (Å²) in [6, 6.07) is -0.318. The second kappa shape index (κ2) is 10.3. The molecule has 2 rings (SSSR count). The largest absolute Gasteiger partial charge is 0.501 e. The van der Waals surface area contributed by atoms with Gasteiger partial charge in [0.05, 0.1) is 18.9 Å². The molecule has 0 spiro atoms. The number of urea groups is 1. The minimum Gasteiger partial charge on any atom is -0.501 e. The van der Waals surface area contributed by atoms with Crippen LogP contribution in [-0.4, -0.2) is 64.9 Å². The van der Waals surface area contributed by atoms with E-state index in [2.05, 4.69) is 10.6 Å². The Hall–Kier alpha value is -2.29. The monoisotopic (exact) mass is 397 g/mol. The van der Waals surface area contributed by atoms with Crippen LogP contribution in [-0.2, 0) is 14.3 Å². The standard InChI is InChI=1S/C19H31N3O6/c1-2-3-7-14(15(23)16(24)25)20-17(26)19(8-5-4-6-9-19)21-18(27)22-10-12-28-13-11-22/h23H,2-13H2,1H3,(H,20,26)(H,21,27)(H,24,25)/b15-14-. The Kier molecular flexibility index (Phi) is 8.10. The third kappa shape index (κ3) is 5.60. The fourth-order valence-electron chi connectivity index (χ4n) is 3.59. The molecule has 0 atom stereocenters. The number of carboxylic acids is 1. The van der Waals surface area contributed by atoms with Gasteiger partial charge in [-0.3, -0.25) is 4.79 Å². The van der Waals surface area contributed by atoms with Crippen molar-refractivity contribution in [3.63, 3.8) is 0 Å². The third-order valence-corrected chi connectivity index (χ3v) is 5.32. The second-order valence-corrected chi connectivity index (χ2v) is 7.36. The number of aliphatic hydroxyl groups excluding tert-OH is 1. The van der Waals surface area contributed by atoms with Crippen molar-refractivity contribution in [3.8, 4) is 0 Å². The van der Waals surface area contributed by atoms with Crippen molar-refractivity contribution < 1.29 is 29.3 Å². The van der Waals surface area contributed by atoms with E-state index in [1.54, 1.807) is 4.90 Å². The van der Waals surface area contributed by atoms with Crippen molar-refractivity contribution in [2.75, 3.05) is 26.3 Å². The van der Waals surface area contributed by atoms with Crippen LogP contribution in [0.25, 0.3) is 0 Å². The van der Waals surface area contributed by atoms with Gasteiger partial charge in [-0.15, -0.1) is 0 Å². The summed E-state index contributed by atoms with van der Waals surface area (Å²) < 4.78 is 5.26. The number of amides is 3. The van der Waals surface area contributed by atoms with E-state index in [-0.39, 0.29) is 18.1 Å². The highest BCUT2D eigenvalue weighted by Gasteiger charge is 2.42. The molecule has 0 radical (unpaired) electrons. The van der Waals surface area contributed by atoms with E-state index in [1.807, 2.05) is 6.92 Å². The molecular weight excluding hydrogens is 366 g/mol. The predicted molar refractivity (Wildman–Crippen MR) is 102 cm³/mol. The Balaban J connectivity index is 2.17. The Bertz CT molecular complexity index is 607. The number of nitrogens with one attached hydrogen (secondary N) is 2. The van der Waals surface area contributed by atoms with Gasteiger partial charge in [0.25, 0.3) is 0 Å². The summed E-state index contributed by atoms with van der Waals surface area (Å²) in [7, 11) is 0. The number of carboxylic acid groups (broad SMARTS) is 1. The molecule has 2 fully saturated rings. The number of aliphatic carboxylic acids is 1. The van der Waals surface area contributed by atoms with Crippen molar-refractivity contribution in [1.29, 1.82) is 0 Å². The molecule has 1 aliphatic heterocycles. The van der Waals surface area contributed by atoms with E-state index in [4.69, 9.17) is 9.84 Å². The molecule has 4 N–H and O–H groups in total. The van der Waals surface area contributed by atoms with Gasteiger partial charge in [-0.25, -0.2) is 9.59 Å². The lowest BCUT2D eigenvalue weighted by Crippen LogP contribution is -2.62. The molecule has 0 aromatic rings. The highest BCUT2D eigenvalue weighted by atomic mass is 16.5. The molecule has 2 aliphatic rings. The lowest BCUT2D eigenvalue weighted by molar-refractivity contribution is -0.135. The lowest BCUT2D eigenvalue weighted by atomic mass is 9.80. The average molecular weight is 397 g/mol. The number of morpholine rings is 1. The highest BCUT2D eigenvalue weighted by Crippen LogP contribution is 2.29. The number of carbonyl (C=O) groups is 3. The first-order chi connectivity index (χ1) is 13.4. The van der Waals surface area contributed by atoms with E-state index in [0.717, 1.165) is 25.7 Å². The van der Waals surface area contributed by atoms with Crippen LogP contribution in [0.3, 0.4) is 0 Å². The molecule has 0 unspecified atom stereocenters. The predicted octanol–water partition coefficient (Wildman–Crippen LogP) is 1.89. The van der Waals surface area contributed by atoms with Crippen LogP contribution >= 0.6 is 0 Å². The Labute approximate surface area is 165 Å². The summed E-state index contributed by atoms with van der Waals surface area (Å²) >= 11 is 0. The van der Waals surface area contributed by atoms with Crippen LogP contribution in [0, 0.1) is 0 Å². The van der Waals surface area contributed by atoms with E-state index < -0.39 is 23.2 Å². The van der Waals surface area contributed by atoms with E-state index in [0.29, 0.717) is 45.6 Å². The smallest absolute Gasteiger partial charge is 0.372 e. The van der Waals surface area contributed by atoms with Gasteiger partial charge >= 0.3 is 12.0 Å².